The Morgan fingerprint density at radius 2 is 2.22 bits per heavy atom. The van der Waals surface area contributed by atoms with Crippen molar-refractivity contribution < 1.29 is 19.1 Å². The Bertz CT molecular complexity index is 621. The summed E-state index contributed by atoms with van der Waals surface area (Å²) >= 11 is 0. The summed E-state index contributed by atoms with van der Waals surface area (Å²) in [5.74, 6) is 0.105. The Kier molecular flexibility index (Phi) is 3.20. The van der Waals surface area contributed by atoms with Crippen molar-refractivity contribution in [1.29, 1.82) is 0 Å². The Balaban J connectivity index is 2.38. The van der Waals surface area contributed by atoms with E-state index in [2.05, 4.69) is 15.0 Å². The molecule has 98 valence electrons. The SMILES string of the molecule is CCn1cnc2c(N)nc(OCP(=O)(O)O)nc21. The highest BCUT2D eigenvalue weighted by Gasteiger charge is 2.17. The molecule has 0 aromatic carbocycles. The van der Waals surface area contributed by atoms with Gasteiger partial charge in [0.25, 0.3) is 0 Å². The summed E-state index contributed by atoms with van der Waals surface area (Å²) in [6.07, 6.45) is 0.765. The van der Waals surface area contributed by atoms with Crippen LogP contribution >= 0.6 is 7.60 Å². The predicted octanol–water partition coefficient (Wildman–Crippen LogP) is -0.0576. The van der Waals surface area contributed by atoms with Crippen LogP contribution in [0.4, 0.5) is 5.82 Å². The maximum Gasteiger partial charge on any atom is 0.362 e. The molecule has 18 heavy (non-hydrogen) atoms. The molecule has 2 heterocycles. The van der Waals surface area contributed by atoms with Gasteiger partial charge in [0.05, 0.1) is 6.33 Å². The summed E-state index contributed by atoms with van der Waals surface area (Å²) < 4.78 is 17.2. The number of fused-ring (bicyclic) bond motifs is 1. The van der Waals surface area contributed by atoms with Crippen LogP contribution in [-0.4, -0.2) is 35.7 Å². The zero-order valence-corrected chi connectivity index (χ0v) is 10.4. The average Bonchev–Trinajstić information content (AvgIpc) is 2.69. The number of anilines is 1. The predicted molar refractivity (Wildman–Crippen MR) is 62.9 cm³/mol. The first-order valence-corrected chi connectivity index (χ1v) is 6.86. The number of rotatable bonds is 4. The number of nitrogens with zero attached hydrogens (tertiary/aromatic N) is 4. The molecule has 0 spiro atoms. The van der Waals surface area contributed by atoms with E-state index in [0.717, 1.165) is 0 Å². The molecule has 0 aliphatic heterocycles. The number of nitrogens with two attached hydrogens (primary N) is 1. The van der Waals surface area contributed by atoms with Crippen LogP contribution in [0.5, 0.6) is 6.01 Å². The topological polar surface area (TPSA) is 136 Å². The molecule has 2 aromatic heterocycles. The lowest BCUT2D eigenvalue weighted by molar-refractivity contribution is 0.287. The van der Waals surface area contributed by atoms with E-state index in [0.29, 0.717) is 17.7 Å². The Morgan fingerprint density at radius 1 is 1.50 bits per heavy atom. The van der Waals surface area contributed by atoms with Crippen molar-refractivity contribution in [2.24, 2.45) is 0 Å². The van der Waals surface area contributed by atoms with Crippen LogP contribution in [0.15, 0.2) is 6.33 Å². The van der Waals surface area contributed by atoms with Crippen molar-refractivity contribution in [3.05, 3.63) is 6.33 Å². The summed E-state index contributed by atoms with van der Waals surface area (Å²) in [6.45, 7) is 2.53. The second kappa shape index (κ2) is 4.52. The number of hydrogen-bond acceptors (Lipinski definition) is 6. The van der Waals surface area contributed by atoms with Gasteiger partial charge in [0.1, 0.15) is 5.52 Å². The van der Waals surface area contributed by atoms with Crippen LogP contribution in [0, 0.1) is 0 Å². The molecule has 0 radical (unpaired) electrons. The van der Waals surface area contributed by atoms with Crippen LogP contribution in [0.25, 0.3) is 11.2 Å². The van der Waals surface area contributed by atoms with Crippen molar-refractivity contribution >= 4 is 24.6 Å². The van der Waals surface area contributed by atoms with Gasteiger partial charge in [-0.2, -0.15) is 9.97 Å². The van der Waals surface area contributed by atoms with Gasteiger partial charge in [-0.3, -0.25) is 4.57 Å². The zero-order chi connectivity index (χ0) is 13.3. The van der Waals surface area contributed by atoms with Crippen LogP contribution in [0.2, 0.25) is 0 Å². The highest BCUT2D eigenvalue weighted by Crippen LogP contribution is 2.34. The number of aryl methyl sites for hydroxylation is 1. The van der Waals surface area contributed by atoms with Crippen LogP contribution in [0.3, 0.4) is 0 Å². The van der Waals surface area contributed by atoms with Crippen LogP contribution in [0.1, 0.15) is 6.92 Å². The van der Waals surface area contributed by atoms with Gasteiger partial charge < -0.3 is 24.8 Å². The Morgan fingerprint density at radius 3 is 2.83 bits per heavy atom. The minimum absolute atomic E-state index is 0.105. The molecule has 0 saturated carbocycles. The molecule has 2 rings (SSSR count). The van der Waals surface area contributed by atoms with Crippen LogP contribution < -0.4 is 10.5 Å². The van der Waals surface area contributed by atoms with E-state index in [1.165, 1.54) is 0 Å². The summed E-state index contributed by atoms with van der Waals surface area (Å²) in [5, 5.41) is 0. The third-order valence-electron chi connectivity index (χ3n) is 2.17. The maximum atomic E-state index is 10.7. The van der Waals surface area contributed by atoms with Gasteiger partial charge in [0.15, 0.2) is 17.8 Å². The molecule has 0 bridgehead atoms. The number of hydrogen-bond donors (Lipinski definition) is 3. The minimum atomic E-state index is -4.28. The first-order chi connectivity index (χ1) is 8.40. The second-order valence-corrected chi connectivity index (χ2v) is 5.12. The van der Waals surface area contributed by atoms with Crippen molar-refractivity contribution in [2.75, 3.05) is 12.1 Å². The molecule has 9 nitrogen and oxygen atoms in total. The zero-order valence-electron chi connectivity index (χ0n) is 9.52. The summed E-state index contributed by atoms with van der Waals surface area (Å²) in [5.41, 5.74) is 6.56. The minimum Gasteiger partial charge on any atom is -0.450 e. The second-order valence-electron chi connectivity index (χ2n) is 3.53. The molecule has 0 aliphatic rings. The molecule has 4 N–H and O–H groups in total. The van der Waals surface area contributed by atoms with Gasteiger partial charge >= 0.3 is 13.6 Å². The van der Waals surface area contributed by atoms with E-state index in [1.807, 2.05) is 6.92 Å². The van der Waals surface area contributed by atoms with E-state index < -0.39 is 13.9 Å². The smallest absolute Gasteiger partial charge is 0.362 e. The fraction of sp³-hybridized carbons (Fsp3) is 0.375. The monoisotopic (exact) mass is 273 g/mol. The third kappa shape index (κ3) is 2.58. The molecule has 0 fully saturated rings. The summed E-state index contributed by atoms with van der Waals surface area (Å²) in [7, 11) is -4.28. The lowest BCUT2D eigenvalue weighted by atomic mass is 10.5. The van der Waals surface area contributed by atoms with Gasteiger partial charge in [-0.25, -0.2) is 4.98 Å². The van der Waals surface area contributed by atoms with Crippen molar-refractivity contribution in [1.82, 2.24) is 19.5 Å². The molecule has 2 aromatic rings. The van der Waals surface area contributed by atoms with Gasteiger partial charge in [-0.1, -0.05) is 0 Å². The van der Waals surface area contributed by atoms with E-state index in [1.54, 1.807) is 10.9 Å². The first kappa shape index (κ1) is 12.7. The van der Waals surface area contributed by atoms with Crippen molar-refractivity contribution in [2.45, 2.75) is 13.5 Å². The standard InChI is InChI=1S/C8H12N5O4P/c1-2-13-3-10-5-6(9)11-8(12-7(5)13)17-4-18(14,15)16/h3H,2,4H2,1H3,(H2,9,11,12)(H2,14,15,16). The normalized spacial score (nSPS) is 11.9. The highest BCUT2D eigenvalue weighted by molar-refractivity contribution is 7.51. The van der Waals surface area contributed by atoms with E-state index in [4.69, 9.17) is 20.3 Å². The van der Waals surface area contributed by atoms with Gasteiger partial charge in [0, 0.05) is 6.54 Å². The molecule has 0 aliphatic carbocycles. The first-order valence-electron chi connectivity index (χ1n) is 5.06. The average molecular weight is 273 g/mol. The van der Waals surface area contributed by atoms with Crippen molar-refractivity contribution in [3.63, 3.8) is 0 Å². The fourth-order valence-electron chi connectivity index (χ4n) is 1.38. The number of imidazole rings is 1. The van der Waals surface area contributed by atoms with E-state index >= 15 is 0 Å². The summed E-state index contributed by atoms with van der Waals surface area (Å²) in [6, 6.07) is -0.182. The van der Waals surface area contributed by atoms with Crippen molar-refractivity contribution in [3.8, 4) is 6.01 Å². The fourth-order valence-corrected chi connectivity index (χ4v) is 1.67. The molecule has 0 atom stereocenters. The largest absolute Gasteiger partial charge is 0.450 e. The van der Waals surface area contributed by atoms with Gasteiger partial charge in [-0.05, 0) is 6.92 Å². The van der Waals surface area contributed by atoms with Gasteiger partial charge in [-0.15, -0.1) is 0 Å². The Hall–Kier alpha value is -1.70. The lowest BCUT2D eigenvalue weighted by Crippen LogP contribution is -2.05. The Labute approximate surface area is 102 Å². The molecule has 0 saturated heterocycles. The van der Waals surface area contributed by atoms with Crippen LogP contribution in [-0.2, 0) is 11.1 Å². The van der Waals surface area contributed by atoms with E-state index in [-0.39, 0.29) is 11.8 Å². The lowest BCUT2D eigenvalue weighted by Gasteiger charge is -2.07. The molecular weight excluding hydrogens is 261 g/mol. The molecule has 0 unspecified atom stereocenters. The van der Waals surface area contributed by atoms with Gasteiger partial charge in [0.2, 0.25) is 0 Å². The number of aromatic nitrogens is 4. The summed E-state index contributed by atoms with van der Waals surface area (Å²) in [4.78, 5) is 29.2. The number of nitrogen functional groups attached to an aromatic ring is 1. The number of ether oxygens (including phenoxy) is 1. The molecule has 10 heteroatoms. The highest BCUT2D eigenvalue weighted by atomic mass is 31.2. The molecular formula is C8H12N5O4P. The van der Waals surface area contributed by atoms with E-state index in [9.17, 15) is 4.57 Å². The quantitative estimate of drug-likeness (QED) is 0.659. The third-order valence-corrected chi connectivity index (χ3v) is 2.64. The molecule has 0 amide bonds. The maximum absolute atomic E-state index is 10.7.